The van der Waals surface area contributed by atoms with Crippen LogP contribution in [0.25, 0.3) is 43.1 Å². The van der Waals surface area contributed by atoms with E-state index in [0.717, 1.165) is 68.5 Å². The number of rotatable bonds is 10. The molecule has 0 amide bonds. The second kappa shape index (κ2) is 14.0. The molecule has 0 fully saturated rings. The van der Waals surface area contributed by atoms with Crippen LogP contribution in [0.3, 0.4) is 0 Å². The van der Waals surface area contributed by atoms with Crippen LogP contribution < -0.4 is 4.74 Å². The normalized spacial score (nSPS) is 11.8. The molecule has 0 N–H and O–H groups in total. The van der Waals surface area contributed by atoms with Gasteiger partial charge in [-0.3, -0.25) is 0 Å². The van der Waals surface area contributed by atoms with Gasteiger partial charge < -0.3 is 4.74 Å². The minimum atomic E-state index is 0.569. The zero-order valence-corrected chi connectivity index (χ0v) is 31.1. The van der Waals surface area contributed by atoms with Crippen molar-refractivity contribution in [3.8, 4) is 11.5 Å². The lowest BCUT2D eigenvalue weighted by Crippen LogP contribution is -2.02. The van der Waals surface area contributed by atoms with Crippen LogP contribution in [-0.2, 0) is 25.7 Å². The van der Waals surface area contributed by atoms with E-state index in [1.165, 1.54) is 43.8 Å². The van der Waals surface area contributed by atoms with E-state index in [1.54, 1.807) is 0 Å². The summed E-state index contributed by atoms with van der Waals surface area (Å²) in [4.78, 5) is 0. The fourth-order valence-corrected chi connectivity index (χ4v) is 8.51. The summed E-state index contributed by atoms with van der Waals surface area (Å²) in [5.74, 6) is 1.32. The maximum Gasteiger partial charge on any atom is 0.154 e. The standard InChI is InChI=1S/C36H28Br4Cl2O/c37-17-13-25-21-5-1-3-7-23(21)29(15-19-39)33-27(25)9-11-31(41)35(33)43-36-32(42)12-10-28-26(14-18-38)22-6-2-4-8-24(22)30(16-20-40)34(28)36/h1-12H,13-20H2. The molecule has 0 saturated heterocycles. The first-order valence-electron chi connectivity index (χ1n) is 14.2. The van der Waals surface area contributed by atoms with Gasteiger partial charge in [0.2, 0.25) is 0 Å². The first-order valence-corrected chi connectivity index (χ1v) is 19.5. The number of alkyl halides is 4. The molecule has 0 unspecified atom stereocenters. The van der Waals surface area contributed by atoms with E-state index in [9.17, 15) is 0 Å². The Balaban J connectivity index is 1.73. The first-order chi connectivity index (χ1) is 21.0. The third-order valence-electron chi connectivity index (χ3n) is 8.21. The third kappa shape index (κ3) is 5.77. The zero-order chi connectivity index (χ0) is 30.1. The Morgan fingerprint density at radius 1 is 0.419 bits per heavy atom. The summed E-state index contributed by atoms with van der Waals surface area (Å²) < 4.78 is 7.09. The van der Waals surface area contributed by atoms with Crippen LogP contribution in [0.5, 0.6) is 11.5 Å². The van der Waals surface area contributed by atoms with Gasteiger partial charge >= 0.3 is 0 Å². The highest BCUT2D eigenvalue weighted by Crippen LogP contribution is 2.48. The molecular weight excluding hydrogens is 839 g/mol. The van der Waals surface area contributed by atoms with E-state index in [0.29, 0.717) is 21.5 Å². The molecule has 0 atom stereocenters. The van der Waals surface area contributed by atoms with E-state index in [-0.39, 0.29) is 0 Å². The highest BCUT2D eigenvalue weighted by Gasteiger charge is 2.23. The zero-order valence-electron chi connectivity index (χ0n) is 23.3. The van der Waals surface area contributed by atoms with Crippen molar-refractivity contribution >= 4 is 130 Å². The van der Waals surface area contributed by atoms with E-state index < -0.39 is 0 Å². The van der Waals surface area contributed by atoms with Gasteiger partial charge in [-0.2, -0.15) is 0 Å². The molecule has 6 aromatic rings. The Morgan fingerprint density at radius 2 is 0.744 bits per heavy atom. The largest absolute Gasteiger partial charge is 0.453 e. The van der Waals surface area contributed by atoms with Crippen molar-refractivity contribution in [1.82, 2.24) is 0 Å². The lowest BCUT2D eigenvalue weighted by molar-refractivity contribution is 0.494. The van der Waals surface area contributed by atoms with Gasteiger partial charge in [-0.05, 0) is 92.4 Å². The van der Waals surface area contributed by atoms with Crippen molar-refractivity contribution in [3.05, 3.63) is 105 Å². The third-order valence-corrected chi connectivity index (χ3v) is 10.4. The second-order valence-electron chi connectivity index (χ2n) is 10.5. The van der Waals surface area contributed by atoms with Crippen LogP contribution in [-0.4, -0.2) is 21.3 Å². The summed E-state index contributed by atoms with van der Waals surface area (Å²) in [6, 6.07) is 25.6. The van der Waals surface area contributed by atoms with E-state index in [4.69, 9.17) is 27.9 Å². The predicted molar refractivity (Wildman–Crippen MR) is 203 cm³/mol. The van der Waals surface area contributed by atoms with Gasteiger partial charge in [0.25, 0.3) is 0 Å². The highest BCUT2D eigenvalue weighted by atomic mass is 79.9. The molecule has 0 aliphatic heterocycles. The average molecular weight is 867 g/mol. The molecule has 0 aromatic heterocycles. The summed E-state index contributed by atoms with van der Waals surface area (Å²) in [6.45, 7) is 0. The minimum absolute atomic E-state index is 0.569. The molecular formula is C36H28Br4Cl2O. The summed E-state index contributed by atoms with van der Waals surface area (Å²) in [5, 5.41) is 13.9. The van der Waals surface area contributed by atoms with Crippen LogP contribution in [0.1, 0.15) is 22.3 Å². The molecule has 43 heavy (non-hydrogen) atoms. The summed E-state index contributed by atoms with van der Waals surface area (Å²) in [7, 11) is 0. The van der Waals surface area contributed by atoms with Crippen LogP contribution in [0.4, 0.5) is 0 Å². The summed E-state index contributed by atoms with van der Waals surface area (Å²) >= 11 is 29.0. The van der Waals surface area contributed by atoms with Crippen LogP contribution in [0, 0.1) is 0 Å². The Hall–Kier alpha value is -1.34. The number of aryl methyl sites for hydroxylation is 4. The molecule has 7 heteroatoms. The van der Waals surface area contributed by atoms with Crippen LogP contribution >= 0.6 is 86.9 Å². The Bertz CT molecular complexity index is 1850. The summed E-state index contributed by atoms with van der Waals surface area (Å²) in [5.41, 5.74) is 5.02. The first kappa shape index (κ1) is 31.6. The van der Waals surface area contributed by atoms with Crippen LogP contribution in [0.15, 0.2) is 72.8 Å². The highest BCUT2D eigenvalue weighted by molar-refractivity contribution is 9.09. The van der Waals surface area contributed by atoms with Crippen molar-refractivity contribution in [3.63, 3.8) is 0 Å². The van der Waals surface area contributed by atoms with Crippen molar-refractivity contribution in [1.29, 1.82) is 0 Å². The quantitative estimate of drug-likeness (QED) is 0.0985. The predicted octanol–water partition coefficient (Wildman–Crippen LogP) is 13.1. The topological polar surface area (TPSA) is 9.23 Å². The molecule has 6 rings (SSSR count). The molecule has 0 radical (unpaired) electrons. The number of hydrogen-bond donors (Lipinski definition) is 0. The number of benzene rings is 6. The lowest BCUT2D eigenvalue weighted by atomic mass is 9.88. The van der Waals surface area contributed by atoms with E-state index in [1.807, 2.05) is 12.1 Å². The fraction of sp³-hybridized carbons (Fsp3) is 0.222. The molecule has 0 heterocycles. The minimum Gasteiger partial charge on any atom is -0.453 e. The molecule has 0 saturated carbocycles. The molecule has 0 aliphatic carbocycles. The van der Waals surface area contributed by atoms with Gasteiger partial charge in [-0.1, -0.05) is 148 Å². The van der Waals surface area contributed by atoms with Gasteiger partial charge in [0, 0.05) is 32.1 Å². The van der Waals surface area contributed by atoms with Crippen molar-refractivity contribution in [2.75, 3.05) is 21.3 Å². The van der Waals surface area contributed by atoms with Crippen molar-refractivity contribution in [2.45, 2.75) is 25.7 Å². The van der Waals surface area contributed by atoms with Crippen molar-refractivity contribution in [2.24, 2.45) is 0 Å². The average Bonchev–Trinajstić information content (AvgIpc) is 3.02. The Labute approximate surface area is 295 Å². The second-order valence-corrected chi connectivity index (χ2v) is 14.4. The van der Waals surface area contributed by atoms with Crippen molar-refractivity contribution < 1.29 is 4.74 Å². The Kier molecular flexibility index (Phi) is 10.3. The molecule has 6 aromatic carbocycles. The smallest absolute Gasteiger partial charge is 0.154 e. The number of hydrogen-bond acceptors (Lipinski definition) is 1. The van der Waals surface area contributed by atoms with Gasteiger partial charge in [0.15, 0.2) is 11.5 Å². The van der Waals surface area contributed by atoms with Gasteiger partial charge in [0.1, 0.15) is 0 Å². The van der Waals surface area contributed by atoms with E-state index >= 15 is 0 Å². The monoisotopic (exact) mass is 862 g/mol. The summed E-state index contributed by atoms with van der Waals surface area (Å²) in [6.07, 6.45) is 3.44. The Morgan fingerprint density at radius 3 is 1.09 bits per heavy atom. The maximum absolute atomic E-state index is 7.09. The number of halogens is 6. The van der Waals surface area contributed by atoms with E-state index in [2.05, 4.69) is 124 Å². The number of ether oxygens (including phenoxy) is 1. The maximum atomic E-state index is 7.09. The fourth-order valence-electron chi connectivity index (χ4n) is 6.53. The lowest BCUT2D eigenvalue weighted by Gasteiger charge is -2.23. The van der Waals surface area contributed by atoms with Gasteiger partial charge in [-0.25, -0.2) is 0 Å². The van der Waals surface area contributed by atoms with Gasteiger partial charge in [-0.15, -0.1) is 0 Å². The SMILES string of the molecule is Clc1ccc2c(CCBr)c3ccccc3c(CCBr)c2c1Oc1c(Cl)ccc2c(CCBr)c3ccccc3c(CCBr)c12. The molecule has 0 bridgehead atoms. The van der Waals surface area contributed by atoms with Crippen LogP contribution in [0.2, 0.25) is 10.0 Å². The molecule has 0 aliphatic rings. The molecule has 1 nitrogen and oxygen atoms in total. The molecule has 0 spiro atoms. The molecule has 220 valence electrons. The number of fused-ring (bicyclic) bond motifs is 4. The van der Waals surface area contributed by atoms with Gasteiger partial charge in [0.05, 0.1) is 10.0 Å².